The molecule has 3 unspecified atom stereocenters. The number of benzene rings is 1. The molecule has 0 fully saturated rings. The molecule has 0 bridgehead atoms. The van der Waals surface area contributed by atoms with E-state index in [0.717, 1.165) is 18.5 Å². The van der Waals surface area contributed by atoms with E-state index in [1.807, 2.05) is 30.6 Å². The Balaban J connectivity index is 1.80. The highest BCUT2D eigenvalue weighted by atomic mass is 16.3. The first-order chi connectivity index (χ1) is 10.2. The molecule has 1 heterocycles. The van der Waals surface area contributed by atoms with Crippen molar-refractivity contribution in [3.63, 3.8) is 0 Å². The molecule has 1 aliphatic rings. The van der Waals surface area contributed by atoms with Crippen LogP contribution in [0.3, 0.4) is 0 Å². The number of aromatic nitrogens is 1. The van der Waals surface area contributed by atoms with E-state index in [0.29, 0.717) is 5.92 Å². The van der Waals surface area contributed by atoms with E-state index in [2.05, 4.69) is 42.1 Å². The third-order valence-electron chi connectivity index (χ3n) is 4.55. The normalized spacial score (nSPS) is 24.9. The fourth-order valence-corrected chi connectivity index (χ4v) is 3.37. The van der Waals surface area contributed by atoms with Gasteiger partial charge in [0.25, 0.3) is 0 Å². The van der Waals surface area contributed by atoms with Crippen molar-refractivity contribution in [2.24, 2.45) is 0 Å². The minimum atomic E-state index is -0.413. The van der Waals surface area contributed by atoms with Gasteiger partial charge in [-0.1, -0.05) is 31.2 Å². The second kappa shape index (κ2) is 5.96. The zero-order valence-corrected chi connectivity index (χ0v) is 12.6. The topological polar surface area (TPSA) is 36.4 Å². The highest BCUT2D eigenvalue weighted by molar-refractivity contribution is 5.35. The van der Waals surface area contributed by atoms with Gasteiger partial charge >= 0.3 is 0 Å². The third-order valence-corrected chi connectivity index (χ3v) is 4.55. The predicted molar refractivity (Wildman–Crippen MR) is 83.9 cm³/mol. The van der Waals surface area contributed by atoms with Gasteiger partial charge in [0.05, 0.1) is 6.10 Å². The van der Waals surface area contributed by atoms with Crippen LogP contribution in [0.15, 0.2) is 48.8 Å². The molecule has 0 amide bonds. The van der Waals surface area contributed by atoms with Gasteiger partial charge in [-0.15, -0.1) is 0 Å². The van der Waals surface area contributed by atoms with Crippen molar-refractivity contribution in [3.8, 4) is 0 Å². The van der Waals surface area contributed by atoms with Gasteiger partial charge in [-0.2, -0.15) is 0 Å². The quantitative estimate of drug-likeness (QED) is 0.939. The zero-order chi connectivity index (χ0) is 14.8. The van der Waals surface area contributed by atoms with Gasteiger partial charge in [-0.05, 0) is 48.2 Å². The van der Waals surface area contributed by atoms with Crippen molar-refractivity contribution in [1.82, 2.24) is 9.88 Å². The van der Waals surface area contributed by atoms with Gasteiger partial charge in [0.15, 0.2) is 0 Å². The van der Waals surface area contributed by atoms with E-state index in [1.165, 1.54) is 11.1 Å². The first-order valence-electron chi connectivity index (χ1n) is 7.53. The average Bonchev–Trinajstić information content (AvgIpc) is 2.52. The molecule has 0 aliphatic heterocycles. The fraction of sp³-hybridized carbons (Fsp3) is 0.389. The largest absolute Gasteiger partial charge is 0.387 e. The number of likely N-dealkylation sites (N-methyl/N-ethyl adjacent to an activating group) is 1. The van der Waals surface area contributed by atoms with Crippen molar-refractivity contribution >= 4 is 0 Å². The number of rotatable bonds is 3. The molecule has 1 aromatic heterocycles. The Bertz CT molecular complexity index is 599. The molecule has 0 saturated carbocycles. The van der Waals surface area contributed by atoms with E-state index in [-0.39, 0.29) is 6.04 Å². The molecule has 0 radical (unpaired) electrons. The lowest BCUT2D eigenvalue weighted by atomic mass is 9.79. The molecule has 3 nitrogen and oxygen atoms in total. The maximum atomic E-state index is 10.7. The minimum absolute atomic E-state index is 0.156. The fourth-order valence-electron chi connectivity index (χ4n) is 3.37. The Kier molecular flexibility index (Phi) is 4.04. The smallest absolute Gasteiger partial charge is 0.0948 e. The summed E-state index contributed by atoms with van der Waals surface area (Å²) in [6, 6.07) is 12.5. The molecule has 1 aliphatic carbocycles. The van der Waals surface area contributed by atoms with Crippen molar-refractivity contribution in [1.29, 1.82) is 0 Å². The van der Waals surface area contributed by atoms with E-state index in [1.54, 1.807) is 0 Å². The van der Waals surface area contributed by atoms with Gasteiger partial charge in [0, 0.05) is 25.0 Å². The molecule has 0 saturated heterocycles. The van der Waals surface area contributed by atoms with E-state index in [9.17, 15) is 5.11 Å². The van der Waals surface area contributed by atoms with Crippen LogP contribution < -0.4 is 0 Å². The van der Waals surface area contributed by atoms with Gasteiger partial charge in [0.1, 0.15) is 0 Å². The van der Waals surface area contributed by atoms with Crippen LogP contribution in [0, 0.1) is 0 Å². The van der Waals surface area contributed by atoms with Crippen LogP contribution in [-0.4, -0.2) is 28.1 Å². The summed E-state index contributed by atoms with van der Waals surface area (Å²) in [6.07, 6.45) is 4.21. The molecule has 1 aromatic carbocycles. The summed E-state index contributed by atoms with van der Waals surface area (Å²) in [5.41, 5.74) is 3.60. The number of hydrogen-bond acceptors (Lipinski definition) is 3. The average molecular weight is 282 g/mol. The van der Waals surface area contributed by atoms with Crippen molar-refractivity contribution in [2.75, 3.05) is 7.05 Å². The summed E-state index contributed by atoms with van der Waals surface area (Å²) in [7, 11) is 2.09. The number of aliphatic hydroxyl groups is 1. The van der Waals surface area contributed by atoms with E-state index >= 15 is 0 Å². The maximum absolute atomic E-state index is 10.7. The Morgan fingerprint density at radius 3 is 2.52 bits per heavy atom. The summed E-state index contributed by atoms with van der Waals surface area (Å²) >= 11 is 0. The highest BCUT2D eigenvalue weighted by Crippen LogP contribution is 2.39. The van der Waals surface area contributed by atoms with E-state index < -0.39 is 6.10 Å². The molecular formula is C18H22N2O. The SMILES string of the molecule is CC1CC(N(C)Cc2ccncc2)C(O)c2ccccc21. The lowest BCUT2D eigenvalue weighted by Gasteiger charge is -2.39. The Morgan fingerprint density at radius 2 is 1.81 bits per heavy atom. The minimum Gasteiger partial charge on any atom is -0.387 e. The lowest BCUT2D eigenvalue weighted by molar-refractivity contribution is 0.0411. The monoisotopic (exact) mass is 282 g/mol. The van der Waals surface area contributed by atoms with Crippen molar-refractivity contribution < 1.29 is 5.11 Å². The Hall–Kier alpha value is -1.71. The standard InChI is InChI=1S/C18H22N2O/c1-13-11-17(18(21)16-6-4-3-5-15(13)16)20(2)12-14-7-9-19-10-8-14/h3-10,13,17-18,21H,11-12H2,1-2H3. The van der Waals surface area contributed by atoms with E-state index in [4.69, 9.17) is 0 Å². The van der Waals surface area contributed by atoms with Crippen LogP contribution in [0.1, 0.15) is 42.1 Å². The van der Waals surface area contributed by atoms with Crippen LogP contribution in [0.2, 0.25) is 0 Å². The van der Waals surface area contributed by atoms with Gasteiger partial charge in [0.2, 0.25) is 0 Å². The predicted octanol–water partition coefficient (Wildman–Crippen LogP) is 3.12. The van der Waals surface area contributed by atoms with Crippen LogP contribution in [0.25, 0.3) is 0 Å². The highest BCUT2D eigenvalue weighted by Gasteiger charge is 2.33. The summed E-state index contributed by atoms with van der Waals surface area (Å²) in [5.74, 6) is 0.481. The number of nitrogens with zero attached hydrogens (tertiary/aromatic N) is 2. The zero-order valence-electron chi connectivity index (χ0n) is 12.6. The van der Waals surface area contributed by atoms with Gasteiger partial charge in [-0.25, -0.2) is 0 Å². The molecule has 3 rings (SSSR count). The second-order valence-electron chi connectivity index (χ2n) is 6.05. The summed E-state index contributed by atoms with van der Waals surface area (Å²) in [4.78, 5) is 6.31. The molecule has 21 heavy (non-hydrogen) atoms. The van der Waals surface area contributed by atoms with Gasteiger partial charge < -0.3 is 5.11 Å². The number of aliphatic hydroxyl groups excluding tert-OH is 1. The van der Waals surface area contributed by atoms with Crippen LogP contribution in [0.5, 0.6) is 0 Å². The Labute approximate surface area is 126 Å². The molecule has 0 spiro atoms. The first-order valence-corrected chi connectivity index (χ1v) is 7.53. The number of hydrogen-bond donors (Lipinski definition) is 1. The van der Waals surface area contributed by atoms with Crippen molar-refractivity contribution in [3.05, 3.63) is 65.5 Å². The van der Waals surface area contributed by atoms with Crippen LogP contribution in [-0.2, 0) is 6.54 Å². The molecule has 1 N–H and O–H groups in total. The molecule has 3 heteroatoms. The Morgan fingerprint density at radius 1 is 1.14 bits per heavy atom. The lowest BCUT2D eigenvalue weighted by Crippen LogP contribution is -2.40. The second-order valence-corrected chi connectivity index (χ2v) is 6.05. The first kappa shape index (κ1) is 14.2. The third kappa shape index (κ3) is 2.85. The molecular weight excluding hydrogens is 260 g/mol. The van der Waals surface area contributed by atoms with Crippen molar-refractivity contribution in [2.45, 2.75) is 38.0 Å². The van der Waals surface area contributed by atoms with Crippen LogP contribution in [0.4, 0.5) is 0 Å². The summed E-state index contributed by atoms with van der Waals surface area (Å²) in [6.45, 7) is 3.08. The molecule has 2 aromatic rings. The number of fused-ring (bicyclic) bond motifs is 1. The molecule has 110 valence electrons. The van der Waals surface area contributed by atoms with Gasteiger partial charge in [-0.3, -0.25) is 9.88 Å². The van der Waals surface area contributed by atoms with Crippen LogP contribution >= 0.6 is 0 Å². The maximum Gasteiger partial charge on any atom is 0.0948 e. The summed E-state index contributed by atoms with van der Waals surface area (Å²) in [5, 5.41) is 10.7. The number of pyridine rings is 1. The summed E-state index contributed by atoms with van der Waals surface area (Å²) < 4.78 is 0. The molecule has 3 atom stereocenters.